The molecule has 1 aliphatic carbocycles. The number of hydrogen-bond acceptors (Lipinski definition) is 2. The van der Waals surface area contributed by atoms with Crippen molar-refractivity contribution in [2.24, 2.45) is 11.1 Å². The van der Waals surface area contributed by atoms with E-state index in [0.717, 1.165) is 31.6 Å². The SMILES string of the molecule is CC1(C)CCCCC1(N)CCc1ccc2c(c1)CCO2. The molecule has 0 aromatic heterocycles. The first kappa shape index (κ1) is 13.9. The summed E-state index contributed by atoms with van der Waals surface area (Å²) < 4.78 is 5.58. The molecule has 20 heavy (non-hydrogen) atoms. The molecule has 1 aliphatic heterocycles. The zero-order valence-electron chi connectivity index (χ0n) is 12.9. The van der Waals surface area contributed by atoms with E-state index in [1.165, 1.54) is 36.8 Å². The number of nitrogens with two attached hydrogens (primary N) is 1. The molecule has 2 heteroatoms. The van der Waals surface area contributed by atoms with Gasteiger partial charge in [0.15, 0.2) is 0 Å². The monoisotopic (exact) mass is 273 g/mol. The lowest BCUT2D eigenvalue weighted by molar-refractivity contribution is 0.0910. The second-order valence-corrected chi connectivity index (χ2v) is 7.29. The largest absolute Gasteiger partial charge is 0.493 e. The summed E-state index contributed by atoms with van der Waals surface area (Å²) in [6.45, 7) is 5.54. The first-order valence-electron chi connectivity index (χ1n) is 8.04. The molecule has 1 aromatic carbocycles. The van der Waals surface area contributed by atoms with E-state index in [1.54, 1.807) is 0 Å². The number of rotatable bonds is 3. The van der Waals surface area contributed by atoms with E-state index in [2.05, 4.69) is 32.0 Å². The minimum atomic E-state index is 0.000758. The van der Waals surface area contributed by atoms with E-state index in [0.29, 0.717) is 0 Å². The summed E-state index contributed by atoms with van der Waals surface area (Å²) in [5.41, 5.74) is 9.83. The van der Waals surface area contributed by atoms with Gasteiger partial charge >= 0.3 is 0 Å². The fourth-order valence-electron chi connectivity index (χ4n) is 3.82. The average molecular weight is 273 g/mol. The Morgan fingerprint density at radius 2 is 2.00 bits per heavy atom. The van der Waals surface area contributed by atoms with Gasteiger partial charge in [0.1, 0.15) is 5.75 Å². The van der Waals surface area contributed by atoms with Gasteiger partial charge in [-0.25, -0.2) is 0 Å². The van der Waals surface area contributed by atoms with E-state index in [9.17, 15) is 0 Å². The third-order valence-electron chi connectivity index (χ3n) is 5.64. The maximum absolute atomic E-state index is 6.77. The topological polar surface area (TPSA) is 35.2 Å². The van der Waals surface area contributed by atoms with Crippen molar-refractivity contribution in [3.63, 3.8) is 0 Å². The summed E-state index contributed by atoms with van der Waals surface area (Å²) in [4.78, 5) is 0. The predicted molar refractivity (Wildman–Crippen MR) is 83.1 cm³/mol. The number of fused-ring (bicyclic) bond motifs is 1. The highest BCUT2D eigenvalue weighted by molar-refractivity contribution is 5.39. The normalized spacial score (nSPS) is 27.9. The molecule has 3 rings (SSSR count). The van der Waals surface area contributed by atoms with Crippen molar-refractivity contribution in [1.82, 2.24) is 0 Å². The van der Waals surface area contributed by atoms with E-state index >= 15 is 0 Å². The lowest BCUT2D eigenvalue weighted by Gasteiger charge is -2.48. The molecule has 0 bridgehead atoms. The highest BCUT2D eigenvalue weighted by atomic mass is 16.5. The van der Waals surface area contributed by atoms with Crippen LogP contribution in [-0.4, -0.2) is 12.1 Å². The van der Waals surface area contributed by atoms with E-state index in [-0.39, 0.29) is 11.0 Å². The molecule has 0 radical (unpaired) electrons. The molecule has 1 heterocycles. The second-order valence-electron chi connectivity index (χ2n) is 7.29. The third-order valence-corrected chi connectivity index (χ3v) is 5.64. The van der Waals surface area contributed by atoms with Crippen LogP contribution in [0.2, 0.25) is 0 Å². The van der Waals surface area contributed by atoms with Gasteiger partial charge in [-0.1, -0.05) is 38.8 Å². The molecular weight excluding hydrogens is 246 g/mol. The smallest absolute Gasteiger partial charge is 0.122 e. The number of benzene rings is 1. The predicted octanol–water partition coefficient (Wildman–Crippen LogP) is 3.85. The Labute approximate surface area is 122 Å². The summed E-state index contributed by atoms with van der Waals surface area (Å²) in [6, 6.07) is 6.66. The average Bonchev–Trinajstić information content (AvgIpc) is 2.87. The number of aryl methyl sites for hydroxylation is 1. The van der Waals surface area contributed by atoms with Gasteiger partial charge in [-0.3, -0.25) is 0 Å². The quantitative estimate of drug-likeness (QED) is 0.908. The Bertz CT molecular complexity index is 494. The maximum atomic E-state index is 6.77. The molecule has 0 spiro atoms. The Kier molecular flexibility index (Phi) is 3.53. The Balaban J connectivity index is 1.69. The van der Waals surface area contributed by atoms with Crippen LogP contribution in [0.3, 0.4) is 0 Å². The van der Waals surface area contributed by atoms with Crippen molar-refractivity contribution >= 4 is 0 Å². The van der Waals surface area contributed by atoms with Gasteiger partial charge in [0.2, 0.25) is 0 Å². The third kappa shape index (κ3) is 2.46. The minimum absolute atomic E-state index is 0.000758. The van der Waals surface area contributed by atoms with E-state index < -0.39 is 0 Å². The molecule has 2 N–H and O–H groups in total. The van der Waals surface area contributed by atoms with Crippen molar-refractivity contribution in [3.8, 4) is 5.75 Å². The highest BCUT2D eigenvalue weighted by Gasteiger charge is 2.42. The van der Waals surface area contributed by atoms with Crippen LogP contribution in [0, 0.1) is 5.41 Å². The van der Waals surface area contributed by atoms with Crippen LogP contribution in [0.4, 0.5) is 0 Å². The summed E-state index contributed by atoms with van der Waals surface area (Å²) in [5, 5.41) is 0. The Morgan fingerprint density at radius 1 is 1.20 bits per heavy atom. The molecule has 0 saturated heterocycles. The van der Waals surface area contributed by atoms with E-state index in [4.69, 9.17) is 10.5 Å². The lowest BCUT2D eigenvalue weighted by atomic mass is 9.62. The van der Waals surface area contributed by atoms with Crippen LogP contribution in [0.25, 0.3) is 0 Å². The van der Waals surface area contributed by atoms with Crippen LogP contribution in [0.15, 0.2) is 18.2 Å². The zero-order valence-corrected chi connectivity index (χ0v) is 12.9. The van der Waals surface area contributed by atoms with Gasteiger partial charge < -0.3 is 10.5 Å². The van der Waals surface area contributed by atoms with Crippen LogP contribution in [-0.2, 0) is 12.8 Å². The zero-order chi connectivity index (χ0) is 14.2. The molecule has 110 valence electrons. The number of hydrogen-bond donors (Lipinski definition) is 1. The molecule has 1 aromatic rings. The fraction of sp³-hybridized carbons (Fsp3) is 0.667. The van der Waals surface area contributed by atoms with Crippen molar-refractivity contribution in [2.75, 3.05) is 6.61 Å². The molecule has 1 saturated carbocycles. The molecule has 1 fully saturated rings. The second kappa shape index (κ2) is 5.07. The standard InChI is InChI=1S/C18H27NO/c1-17(2)9-3-4-10-18(17,19)11-7-14-5-6-16-15(13-14)8-12-20-16/h5-6,13H,3-4,7-12,19H2,1-2H3. The van der Waals surface area contributed by atoms with Crippen LogP contribution in [0.5, 0.6) is 5.75 Å². The Morgan fingerprint density at radius 3 is 2.80 bits per heavy atom. The summed E-state index contributed by atoms with van der Waals surface area (Å²) in [5.74, 6) is 1.08. The Hall–Kier alpha value is -1.02. The van der Waals surface area contributed by atoms with Crippen molar-refractivity contribution < 1.29 is 4.74 Å². The molecular formula is C18H27NO. The maximum Gasteiger partial charge on any atom is 0.122 e. The van der Waals surface area contributed by atoms with Gasteiger partial charge in [0.05, 0.1) is 6.61 Å². The molecule has 2 nitrogen and oxygen atoms in total. The minimum Gasteiger partial charge on any atom is -0.493 e. The van der Waals surface area contributed by atoms with Gasteiger partial charge in [0.25, 0.3) is 0 Å². The summed E-state index contributed by atoms with van der Waals surface area (Å²) in [6.07, 6.45) is 8.31. The van der Waals surface area contributed by atoms with Crippen LogP contribution in [0.1, 0.15) is 57.1 Å². The van der Waals surface area contributed by atoms with Gasteiger partial charge in [-0.15, -0.1) is 0 Å². The molecule has 1 atom stereocenters. The lowest BCUT2D eigenvalue weighted by Crippen LogP contribution is -2.54. The fourth-order valence-corrected chi connectivity index (χ4v) is 3.82. The van der Waals surface area contributed by atoms with Crippen molar-refractivity contribution in [2.45, 2.75) is 64.3 Å². The van der Waals surface area contributed by atoms with Gasteiger partial charge in [-0.05, 0) is 48.3 Å². The van der Waals surface area contributed by atoms with Crippen LogP contribution < -0.4 is 10.5 Å². The first-order chi connectivity index (χ1) is 9.50. The molecule has 1 unspecified atom stereocenters. The van der Waals surface area contributed by atoms with Crippen LogP contribution >= 0.6 is 0 Å². The van der Waals surface area contributed by atoms with Crippen molar-refractivity contribution in [1.29, 1.82) is 0 Å². The summed E-state index contributed by atoms with van der Waals surface area (Å²) in [7, 11) is 0. The van der Waals surface area contributed by atoms with Gasteiger partial charge in [0, 0.05) is 12.0 Å². The van der Waals surface area contributed by atoms with Crippen molar-refractivity contribution in [3.05, 3.63) is 29.3 Å². The summed E-state index contributed by atoms with van der Waals surface area (Å²) >= 11 is 0. The highest BCUT2D eigenvalue weighted by Crippen LogP contribution is 2.44. The molecule has 2 aliphatic rings. The van der Waals surface area contributed by atoms with E-state index in [1.807, 2.05) is 0 Å². The number of ether oxygens (including phenoxy) is 1. The van der Waals surface area contributed by atoms with Gasteiger partial charge in [-0.2, -0.15) is 0 Å². The first-order valence-corrected chi connectivity index (χ1v) is 8.04. The molecule has 0 amide bonds.